The maximum atomic E-state index is 12.6. The smallest absolute Gasteiger partial charge is 0.339 e. The van der Waals surface area contributed by atoms with Gasteiger partial charge >= 0.3 is 5.51 Å². The Morgan fingerprint density at radius 1 is 1.03 bits per heavy atom. The van der Waals surface area contributed by atoms with E-state index in [1.165, 1.54) is 0 Å². The van der Waals surface area contributed by atoms with Crippen LogP contribution in [0.3, 0.4) is 0 Å². The molecule has 29 heavy (non-hydrogen) atoms. The third kappa shape index (κ3) is 3.87. The van der Waals surface area contributed by atoms with Gasteiger partial charge in [-0.05, 0) is 49.9 Å². The van der Waals surface area contributed by atoms with Crippen LogP contribution in [0.15, 0.2) is 29.2 Å². The molecule has 0 radical (unpaired) electrons. The van der Waals surface area contributed by atoms with E-state index in [4.69, 9.17) is 0 Å². The second-order valence-electron chi connectivity index (χ2n) is 7.39. The van der Waals surface area contributed by atoms with Crippen LogP contribution in [0, 0.1) is 0 Å². The number of sulfone groups is 1. The van der Waals surface area contributed by atoms with Gasteiger partial charge in [0.15, 0.2) is 5.82 Å². The van der Waals surface area contributed by atoms with Crippen molar-refractivity contribution in [2.45, 2.75) is 47.9 Å². The molecule has 0 atom stereocenters. The maximum absolute atomic E-state index is 12.6. The summed E-state index contributed by atoms with van der Waals surface area (Å²) in [5.41, 5.74) is -5.22. The number of hydrogen-bond acceptors (Lipinski definition) is 5. The van der Waals surface area contributed by atoms with Crippen molar-refractivity contribution in [3.63, 3.8) is 0 Å². The molecule has 0 bridgehead atoms. The lowest BCUT2D eigenvalue weighted by molar-refractivity contribution is -0.0436. The van der Waals surface area contributed by atoms with Gasteiger partial charge in [-0.3, -0.25) is 9.89 Å². The minimum absolute atomic E-state index is 0.153. The Labute approximate surface area is 165 Å². The van der Waals surface area contributed by atoms with Crippen LogP contribution >= 0.6 is 0 Å². The van der Waals surface area contributed by atoms with E-state index in [2.05, 4.69) is 15.2 Å². The number of likely N-dealkylation sites (tertiary alicyclic amines) is 1. The monoisotopic (exact) mass is 428 g/mol. The molecule has 1 aromatic heterocycles. The van der Waals surface area contributed by atoms with Crippen LogP contribution in [-0.4, -0.2) is 53.0 Å². The lowest BCUT2D eigenvalue weighted by Gasteiger charge is -2.31. The zero-order chi connectivity index (χ0) is 20.8. The normalized spacial score (nSPS) is 18.8. The number of aromatic amines is 1. The molecule has 1 saturated heterocycles. The second-order valence-corrected chi connectivity index (χ2v) is 9.33. The molecule has 1 N–H and O–H groups in total. The summed E-state index contributed by atoms with van der Waals surface area (Å²) in [7, 11) is -5.42. The molecule has 2 fully saturated rings. The van der Waals surface area contributed by atoms with Gasteiger partial charge in [-0.15, -0.1) is 0 Å². The van der Waals surface area contributed by atoms with E-state index in [9.17, 15) is 26.4 Å². The average Bonchev–Trinajstić information content (AvgIpc) is 3.43. The highest BCUT2D eigenvalue weighted by atomic mass is 32.2. The van der Waals surface area contributed by atoms with Crippen LogP contribution in [0.5, 0.6) is 0 Å². The van der Waals surface area contributed by atoms with E-state index in [-0.39, 0.29) is 17.4 Å². The van der Waals surface area contributed by atoms with Gasteiger partial charge in [0.1, 0.15) is 5.82 Å². The molecule has 1 aliphatic carbocycles. The van der Waals surface area contributed by atoms with Crippen molar-refractivity contribution >= 4 is 15.7 Å². The summed E-state index contributed by atoms with van der Waals surface area (Å²) in [6.45, 7) is 0.955. The van der Waals surface area contributed by atoms with Gasteiger partial charge in [-0.1, -0.05) is 0 Å². The largest absolute Gasteiger partial charge is 0.501 e. The first-order chi connectivity index (χ1) is 13.7. The molecular formula is C18H19F3N4O3S. The molecule has 2 aromatic rings. The van der Waals surface area contributed by atoms with Crippen molar-refractivity contribution < 1.29 is 26.4 Å². The van der Waals surface area contributed by atoms with Crippen molar-refractivity contribution in [1.29, 1.82) is 0 Å². The summed E-state index contributed by atoms with van der Waals surface area (Å²) in [5, 5.41) is 7.25. The number of rotatable bonds is 4. The van der Waals surface area contributed by atoms with Crippen molar-refractivity contribution in [2.24, 2.45) is 0 Å². The van der Waals surface area contributed by atoms with Gasteiger partial charge in [0, 0.05) is 30.5 Å². The van der Waals surface area contributed by atoms with Crippen molar-refractivity contribution in [2.75, 3.05) is 13.1 Å². The Balaban J connectivity index is 1.39. The van der Waals surface area contributed by atoms with E-state index in [1.807, 2.05) is 0 Å². The molecule has 0 unspecified atom stereocenters. The molecule has 0 spiro atoms. The highest BCUT2D eigenvalue weighted by molar-refractivity contribution is 7.92. The lowest BCUT2D eigenvalue weighted by Crippen LogP contribution is -2.38. The van der Waals surface area contributed by atoms with Crippen LogP contribution in [0.4, 0.5) is 13.2 Å². The number of carbonyl (C=O) groups excluding carboxylic acids is 1. The molecule has 1 amide bonds. The summed E-state index contributed by atoms with van der Waals surface area (Å²) in [6.07, 6.45) is 3.64. The summed E-state index contributed by atoms with van der Waals surface area (Å²) in [4.78, 5) is 17.9. The quantitative estimate of drug-likeness (QED) is 0.808. The minimum atomic E-state index is -5.42. The third-order valence-corrected chi connectivity index (χ3v) is 6.85. The van der Waals surface area contributed by atoms with E-state index in [0.717, 1.165) is 48.8 Å². The first kappa shape index (κ1) is 19.9. The Morgan fingerprint density at radius 3 is 2.21 bits per heavy atom. The fourth-order valence-corrected chi connectivity index (χ4v) is 4.21. The number of H-pyrrole nitrogens is 1. The predicted molar refractivity (Wildman–Crippen MR) is 95.9 cm³/mol. The van der Waals surface area contributed by atoms with Crippen molar-refractivity contribution in [3.8, 4) is 0 Å². The summed E-state index contributed by atoms with van der Waals surface area (Å²) in [6, 6.07) is 3.87. The molecule has 156 valence electrons. The van der Waals surface area contributed by atoms with E-state index in [1.54, 1.807) is 4.90 Å². The number of nitrogens with one attached hydrogen (secondary N) is 1. The van der Waals surface area contributed by atoms with Gasteiger partial charge < -0.3 is 4.90 Å². The predicted octanol–water partition coefficient (Wildman–Crippen LogP) is 3.00. The van der Waals surface area contributed by atoms with Crippen molar-refractivity contribution in [3.05, 3.63) is 41.5 Å². The second kappa shape index (κ2) is 7.12. The topological polar surface area (TPSA) is 96.0 Å². The Hall–Kier alpha value is -2.43. The molecule has 7 nitrogen and oxygen atoms in total. The standard InChI is InChI=1S/C18H19F3N4O3S/c19-18(20,21)29(27,28)14-5-3-13(4-6-14)17(26)25-9-7-12(8-10-25)16-22-15(23-24-16)11-1-2-11/h3-6,11-12H,1-2,7-10H2,(H,22,23,24). The fraction of sp³-hybridized carbons (Fsp3) is 0.500. The zero-order valence-electron chi connectivity index (χ0n) is 15.3. The van der Waals surface area contributed by atoms with E-state index >= 15 is 0 Å². The number of nitrogens with zero attached hydrogens (tertiary/aromatic N) is 3. The number of hydrogen-bond donors (Lipinski definition) is 1. The van der Waals surface area contributed by atoms with Crippen LogP contribution < -0.4 is 0 Å². The number of aromatic nitrogens is 3. The first-order valence-electron chi connectivity index (χ1n) is 9.29. The SMILES string of the molecule is O=C(c1ccc(S(=O)(=O)C(F)(F)F)cc1)N1CCC(c2nc(C3CC3)n[nH]2)CC1. The van der Waals surface area contributed by atoms with Gasteiger partial charge in [-0.25, -0.2) is 13.4 Å². The van der Waals surface area contributed by atoms with Gasteiger partial charge in [0.05, 0.1) is 4.90 Å². The van der Waals surface area contributed by atoms with Crippen LogP contribution in [0.25, 0.3) is 0 Å². The number of alkyl halides is 3. The molecule has 4 rings (SSSR count). The molecule has 2 aliphatic rings. The van der Waals surface area contributed by atoms with E-state index < -0.39 is 20.2 Å². The van der Waals surface area contributed by atoms with Gasteiger partial charge in [0.25, 0.3) is 15.7 Å². The van der Waals surface area contributed by atoms with Gasteiger partial charge in [0.2, 0.25) is 0 Å². The average molecular weight is 428 g/mol. The zero-order valence-corrected chi connectivity index (χ0v) is 16.1. The Morgan fingerprint density at radius 2 is 1.66 bits per heavy atom. The molecule has 1 saturated carbocycles. The number of benzene rings is 1. The molecular weight excluding hydrogens is 409 g/mol. The number of carbonyl (C=O) groups is 1. The number of amides is 1. The Bertz CT molecular complexity index is 1010. The van der Waals surface area contributed by atoms with Gasteiger partial charge in [-0.2, -0.15) is 18.3 Å². The Kier molecular flexibility index (Phi) is 4.88. The molecule has 1 aromatic carbocycles. The van der Waals surface area contributed by atoms with Crippen LogP contribution in [0.2, 0.25) is 0 Å². The molecule has 11 heteroatoms. The number of piperidine rings is 1. The first-order valence-corrected chi connectivity index (χ1v) is 10.8. The summed E-state index contributed by atoms with van der Waals surface area (Å²) >= 11 is 0. The highest BCUT2D eigenvalue weighted by Crippen LogP contribution is 2.38. The lowest BCUT2D eigenvalue weighted by atomic mass is 9.95. The minimum Gasteiger partial charge on any atom is -0.339 e. The molecule has 2 heterocycles. The van der Waals surface area contributed by atoms with Crippen molar-refractivity contribution in [1.82, 2.24) is 20.1 Å². The molecule has 1 aliphatic heterocycles. The fourth-order valence-electron chi connectivity index (χ4n) is 3.44. The van der Waals surface area contributed by atoms with E-state index in [0.29, 0.717) is 31.8 Å². The number of halogens is 3. The summed E-state index contributed by atoms with van der Waals surface area (Å²) < 4.78 is 60.7. The third-order valence-electron chi connectivity index (χ3n) is 5.35. The maximum Gasteiger partial charge on any atom is 0.501 e. The summed E-state index contributed by atoms with van der Waals surface area (Å²) in [5.74, 6) is 1.99. The van der Waals surface area contributed by atoms with Crippen LogP contribution in [0.1, 0.15) is 59.5 Å². The van der Waals surface area contributed by atoms with Crippen LogP contribution in [-0.2, 0) is 9.84 Å². The highest BCUT2D eigenvalue weighted by Gasteiger charge is 2.46.